The number of carbonyl (C=O) groups excluding carboxylic acids is 3. The smallest absolute Gasteiger partial charge is 0.326 e. The van der Waals surface area contributed by atoms with E-state index in [4.69, 9.17) is 10.8 Å². The Labute approximate surface area is 160 Å². The Hall–Kier alpha value is -2.16. The first-order chi connectivity index (χ1) is 12.4. The van der Waals surface area contributed by atoms with Crippen molar-refractivity contribution in [3.05, 3.63) is 0 Å². The Kier molecular flexibility index (Phi) is 10.6. The van der Waals surface area contributed by atoms with Crippen LogP contribution in [-0.2, 0) is 19.2 Å². The van der Waals surface area contributed by atoms with Gasteiger partial charge in [-0.15, -0.1) is 0 Å². The number of nitrogens with two attached hydrogens (primary N) is 1. The summed E-state index contributed by atoms with van der Waals surface area (Å²) in [6.07, 6.45) is 0.635. The highest BCUT2D eigenvalue weighted by molar-refractivity contribution is 5.92. The van der Waals surface area contributed by atoms with Gasteiger partial charge in [-0.25, -0.2) is 4.79 Å². The second-order valence-electron chi connectivity index (χ2n) is 7.49. The molecule has 0 aromatic rings. The summed E-state index contributed by atoms with van der Waals surface area (Å²) in [5.74, 6) is -3.25. The predicted octanol–water partition coefficient (Wildman–Crippen LogP) is -0.158. The lowest BCUT2D eigenvalue weighted by Crippen LogP contribution is -2.56. The van der Waals surface area contributed by atoms with E-state index in [2.05, 4.69) is 16.0 Å². The van der Waals surface area contributed by atoms with Crippen LogP contribution in [0.15, 0.2) is 0 Å². The van der Waals surface area contributed by atoms with Crippen LogP contribution in [0.5, 0.6) is 0 Å². The van der Waals surface area contributed by atoms with Gasteiger partial charge in [-0.3, -0.25) is 14.4 Å². The zero-order valence-electron chi connectivity index (χ0n) is 17.0. The van der Waals surface area contributed by atoms with Gasteiger partial charge in [-0.1, -0.05) is 48.0 Å². The Morgan fingerprint density at radius 2 is 1.44 bits per heavy atom. The number of carboxylic acid groups (broad SMARTS) is 1. The summed E-state index contributed by atoms with van der Waals surface area (Å²) < 4.78 is 0. The molecule has 0 saturated heterocycles. The molecule has 0 aliphatic rings. The molecule has 0 radical (unpaired) electrons. The van der Waals surface area contributed by atoms with Crippen molar-refractivity contribution >= 4 is 23.7 Å². The maximum atomic E-state index is 12.5. The van der Waals surface area contributed by atoms with Crippen LogP contribution in [0.4, 0.5) is 0 Å². The van der Waals surface area contributed by atoms with Gasteiger partial charge in [0.05, 0.1) is 12.6 Å². The number of nitrogens with one attached hydrogen (secondary N) is 3. The molecule has 6 N–H and O–H groups in total. The number of aliphatic carboxylic acids is 1. The third-order valence-electron chi connectivity index (χ3n) is 4.49. The van der Waals surface area contributed by atoms with Gasteiger partial charge in [0.2, 0.25) is 17.7 Å². The van der Waals surface area contributed by atoms with Crippen LogP contribution in [-0.4, -0.2) is 53.5 Å². The molecule has 0 aromatic carbocycles. The quantitative estimate of drug-likeness (QED) is 0.333. The molecule has 0 bridgehead atoms. The molecule has 9 heteroatoms. The van der Waals surface area contributed by atoms with E-state index in [1.54, 1.807) is 27.7 Å². The summed E-state index contributed by atoms with van der Waals surface area (Å²) in [6, 6.07) is -2.61. The molecule has 4 atom stereocenters. The van der Waals surface area contributed by atoms with Gasteiger partial charge >= 0.3 is 5.97 Å². The zero-order chi connectivity index (χ0) is 21.3. The summed E-state index contributed by atoms with van der Waals surface area (Å²) in [5.41, 5.74) is 5.82. The van der Waals surface area contributed by atoms with Gasteiger partial charge in [-0.2, -0.15) is 0 Å². The molecule has 3 amide bonds. The van der Waals surface area contributed by atoms with E-state index in [-0.39, 0.29) is 24.3 Å². The van der Waals surface area contributed by atoms with Crippen molar-refractivity contribution in [1.29, 1.82) is 0 Å². The maximum absolute atomic E-state index is 12.5. The lowest BCUT2D eigenvalue weighted by atomic mass is 9.96. The van der Waals surface area contributed by atoms with E-state index in [0.717, 1.165) is 0 Å². The van der Waals surface area contributed by atoms with Gasteiger partial charge in [0.15, 0.2) is 0 Å². The average Bonchev–Trinajstić information content (AvgIpc) is 2.59. The minimum atomic E-state index is -1.14. The fourth-order valence-corrected chi connectivity index (χ4v) is 2.27. The number of rotatable bonds is 11. The van der Waals surface area contributed by atoms with E-state index >= 15 is 0 Å². The Morgan fingerprint density at radius 1 is 0.889 bits per heavy atom. The molecule has 27 heavy (non-hydrogen) atoms. The summed E-state index contributed by atoms with van der Waals surface area (Å²) in [7, 11) is 0. The van der Waals surface area contributed by atoms with Crippen LogP contribution in [0.2, 0.25) is 0 Å². The van der Waals surface area contributed by atoms with Crippen molar-refractivity contribution in [2.45, 2.75) is 66.1 Å². The van der Waals surface area contributed by atoms with Gasteiger partial charge in [0.25, 0.3) is 0 Å². The molecule has 0 rings (SSSR count). The predicted molar refractivity (Wildman–Crippen MR) is 102 cm³/mol. The Bertz CT molecular complexity index is 536. The molecule has 9 nitrogen and oxygen atoms in total. The first kappa shape index (κ1) is 24.8. The molecule has 0 fully saturated rings. The number of hydrogen-bond acceptors (Lipinski definition) is 5. The van der Waals surface area contributed by atoms with Gasteiger partial charge in [0.1, 0.15) is 12.1 Å². The molecular formula is C18H34N4O5. The second-order valence-corrected chi connectivity index (χ2v) is 7.49. The summed E-state index contributed by atoms with van der Waals surface area (Å²) in [5, 5.41) is 16.6. The first-order valence-electron chi connectivity index (χ1n) is 9.28. The van der Waals surface area contributed by atoms with Crippen LogP contribution < -0.4 is 21.7 Å². The van der Waals surface area contributed by atoms with E-state index in [1.165, 1.54) is 0 Å². The highest BCUT2D eigenvalue weighted by atomic mass is 16.4. The number of amides is 3. The van der Waals surface area contributed by atoms with E-state index in [1.807, 2.05) is 13.8 Å². The Morgan fingerprint density at radius 3 is 1.85 bits per heavy atom. The zero-order valence-corrected chi connectivity index (χ0v) is 17.0. The van der Waals surface area contributed by atoms with Crippen molar-refractivity contribution in [3.8, 4) is 0 Å². The molecule has 0 aliphatic heterocycles. The molecule has 0 aromatic heterocycles. The second kappa shape index (κ2) is 11.5. The summed E-state index contributed by atoms with van der Waals surface area (Å²) in [6.45, 7) is 10.3. The SMILES string of the molecule is CCC(C)C(NC(=O)C(N)C(C)C)C(=O)NCC(=O)NC(C(=O)O)C(C)C. The fourth-order valence-electron chi connectivity index (χ4n) is 2.27. The van der Waals surface area contributed by atoms with Crippen LogP contribution in [0.3, 0.4) is 0 Å². The molecule has 4 unspecified atom stereocenters. The molecule has 0 saturated carbocycles. The van der Waals surface area contributed by atoms with Crippen LogP contribution in [0.25, 0.3) is 0 Å². The topological polar surface area (TPSA) is 151 Å². The van der Waals surface area contributed by atoms with E-state index < -0.39 is 41.8 Å². The van der Waals surface area contributed by atoms with E-state index in [9.17, 15) is 19.2 Å². The van der Waals surface area contributed by atoms with Crippen molar-refractivity contribution in [3.63, 3.8) is 0 Å². The first-order valence-corrected chi connectivity index (χ1v) is 9.28. The van der Waals surface area contributed by atoms with Gasteiger partial charge in [0, 0.05) is 0 Å². The standard InChI is InChI=1S/C18H34N4O5/c1-7-11(6)15(22-16(24)13(19)9(2)3)17(25)20-8-12(23)21-14(10(4)5)18(26)27/h9-11,13-15H,7-8,19H2,1-6H3,(H,20,25)(H,21,23)(H,22,24)(H,26,27). The van der Waals surface area contributed by atoms with Crippen molar-refractivity contribution in [1.82, 2.24) is 16.0 Å². The van der Waals surface area contributed by atoms with Gasteiger partial charge < -0.3 is 26.8 Å². The molecule has 156 valence electrons. The van der Waals surface area contributed by atoms with Crippen molar-refractivity contribution in [2.24, 2.45) is 23.5 Å². The average molecular weight is 386 g/mol. The van der Waals surface area contributed by atoms with Crippen LogP contribution in [0, 0.1) is 17.8 Å². The third-order valence-corrected chi connectivity index (χ3v) is 4.49. The molecular weight excluding hydrogens is 352 g/mol. The normalized spacial score (nSPS) is 15.6. The summed E-state index contributed by atoms with van der Waals surface area (Å²) >= 11 is 0. The van der Waals surface area contributed by atoms with E-state index in [0.29, 0.717) is 6.42 Å². The van der Waals surface area contributed by atoms with Gasteiger partial charge in [-0.05, 0) is 17.8 Å². The van der Waals surface area contributed by atoms with Crippen molar-refractivity contribution in [2.75, 3.05) is 6.54 Å². The number of carboxylic acids is 1. The minimum absolute atomic E-state index is 0.0830. The van der Waals surface area contributed by atoms with Crippen molar-refractivity contribution < 1.29 is 24.3 Å². The molecule has 0 heterocycles. The van der Waals surface area contributed by atoms with Crippen LogP contribution in [0.1, 0.15) is 48.0 Å². The number of hydrogen-bond donors (Lipinski definition) is 5. The molecule has 0 spiro atoms. The third kappa shape index (κ3) is 8.38. The maximum Gasteiger partial charge on any atom is 0.326 e. The monoisotopic (exact) mass is 386 g/mol. The lowest BCUT2D eigenvalue weighted by molar-refractivity contribution is -0.143. The minimum Gasteiger partial charge on any atom is -0.480 e. The van der Waals surface area contributed by atoms with Crippen LogP contribution >= 0.6 is 0 Å². The fraction of sp³-hybridized carbons (Fsp3) is 0.778. The highest BCUT2D eigenvalue weighted by Crippen LogP contribution is 2.09. The Balaban J connectivity index is 4.89. The highest BCUT2D eigenvalue weighted by Gasteiger charge is 2.29. The number of carbonyl (C=O) groups is 4. The summed E-state index contributed by atoms with van der Waals surface area (Å²) in [4.78, 5) is 47.7. The largest absolute Gasteiger partial charge is 0.480 e. The molecule has 0 aliphatic carbocycles. The lowest BCUT2D eigenvalue weighted by Gasteiger charge is -2.26.